The molecule has 2 N–H and O–H groups in total. The molecule has 0 aromatic carbocycles. The fourth-order valence-electron chi connectivity index (χ4n) is 3.57. The normalized spacial score (nSPS) is 11.0. The number of aliphatic hydroxyl groups excluding tert-OH is 1. The van der Waals surface area contributed by atoms with Crippen molar-refractivity contribution in [2.24, 2.45) is 5.41 Å². The van der Waals surface area contributed by atoms with Gasteiger partial charge in [0.25, 0.3) is 0 Å². The molecule has 0 atom stereocenters. The number of hydrogen-bond acceptors (Lipinski definition) is 3. The number of carbonyl (C=O) groups is 2. The van der Waals surface area contributed by atoms with Crippen molar-refractivity contribution in [3.05, 3.63) is 0 Å². The maximum atomic E-state index is 11.8. The number of hydrogen-bond donors (Lipinski definition) is 2. The molecule has 0 unspecified atom stereocenters. The van der Waals surface area contributed by atoms with Crippen molar-refractivity contribution in [2.75, 3.05) is 13.7 Å². The SMILES string of the molecule is CC(C)(C)CCCNC(=O)CCCCCCCCCCCCCCCCC=O.CO. The molecule has 1 amide bonds. The van der Waals surface area contributed by atoms with E-state index >= 15 is 0 Å². The minimum atomic E-state index is 0.234. The third kappa shape index (κ3) is 29.3. The molecule has 0 fully saturated rings. The Balaban J connectivity index is 0. The van der Waals surface area contributed by atoms with E-state index in [4.69, 9.17) is 5.11 Å². The van der Waals surface area contributed by atoms with Crippen LogP contribution in [0.25, 0.3) is 0 Å². The van der Waals surface area contributed by atoms with Gasteiger partial charge >= 0.3 is 0 Å². The largest absolute Gasteiger partial charge is 0.400 e. The lowest BCUT2D eigenvalue weighted by atomic mass is 9.91. The van der Waals surface area contributed by atoms with Gasteiger partial charge in [0.15, 0.2) is 0 Å². The Morgan fingerprint density at radius 1 is 0.700 bits per heavy atom. The van der Waals surface area contributed by atoms with Gasteiger partial charge in [-0.3, -0.25) is 4.79 Å². The van der Waals surface area contributed by atoms with Crippen molar-refractivity contribution in [3.63, 3.8) is 0 Å². The smallest absolute Gasteiger partial charge is 0.219 e. The van der Waals surface area contributed by atoms with Gasteiger partial charge in [-0.25, -0.2) is 0 Å². The van der Waals surface area contributed by atoms with E-state index in [9.17, 15) is 9.59 Å². The molecule has 180 valence electrons. The van der Waals surface area contributed by atoms with E-state index in [0.717, 1.165) is 52.0 Å². The van der Waals surface area contributed by atoms with Crippen LogP contribution in [0.1, 0.15) is 136 Å². The zero-order valence-corrected chi connectivity index (χ0v) is 20.8. The van der Waals surface area contributed by atoms with Crippen LogP contribution in [0.3, 0.4) is 0 Å². The Morgan fingerprint density at radius 3 is 1.50 bits per heavy atom. The zero-order valence-electron chi connectivity index (χ0n) is 20.8. The van der Waals surface area contributed by atoms with Crippen molar-refractivity contribution >= 4 is 12.2 Å². The van der Waals surface area contributed by atoms with Gasteiger partial charge in [-0.15, -0.1) is 0 Å². The first-order valence-electron chi connectivity index (χ1n) is 12.6. The fourth-order valence-corrected chi connectivity index (χ4v) is 3.57. The lowest BCUT2D eigenvalue weighted by Gasteiger charge is -2.17. The van der Waals surface area contributed by atoms with E-state index in [0.29, 0.717) is 11.8 Å². The summed E-state index contributed by atoms with van der Waals surface area (Å²) >= 11 is 0. The fraction of sp³-hybridized carbons (Fsp3) is 0.923. The molecule has 4 heteroatoms. The Kier molecular flexibility index (Phi) is 25.4. The second kappa shape index (κ2) is 24.4. The van der Waals surface area contributed by atoms with E-state index in [1.54, 1.807) is 0 Å². The molecule has 0 aliphatic heterocycles. The third-order valence-corrected chi connectivity index (χ3v) is 5.40. The maximum Gasteiger partial charge on any atom is 0.219 e. The van der Waals surface area contributed by atoms with Crippen molar-refractivity contribution in [1.29, 1.82) is 0 Å². The molecule has 4 nitrogen and oxygen atoms in total. The zero-order chi connectivity index (χ0) is 22.9. The summed E-state index contributed by atoms with van der Waals surface area (Å²) in [5.74, 6) is 0.234. The van der Waals surface area contributed by atoms with E-state index in [-0.39, 0.29) is 5.91 Å². The highest BCUT2D eigenvalue weighted by Crippen LogP contribution is 2.19. The number of nitrogens with one attached hydrogen (secondary N) is 1. The molecule has 0 aliphatic rings. The lowest BCUT2D eigenvalue weighted by Crippen LogP contribution is -2.24. The summed E-state index contributed by atoms with van der Waals surface area (Å²) in [6, 6.07) is 0. The third-order valence-electron chi connectivity index (χ3n) is 5.40. The van der Waals surface area contributed by atoms with Crippen LogP contribution in [0.4, 0.5) is 0 Å². The topological polar surface area (TPSA) is 66.4 Å². The Bertz CT molecular complexity index is 364. The van der Waals surface area contributed by atoms with Gasteiger partial charge in [0.05, 0.1) is 0 Å². The van der Waals surface area contributed by atoms with E-state index in [1.165, 1.54) is 77.0 Å². The molecule has 30 heavy (non-hydrogen) atoms. The summed E-state index contributed by atoms with van der Waals surface area (Å²) in [6.45, 7) is 7.57. The van der Waals surface area contributed by atoms with E-state index in [1.807, 2.05) is 0 Å². The van der Waals surface area contributed by atoms with Gasteiger partial charge in [-0.05, 0) is 31.1 Å². The highest BCUT2D eigenvalue weighted by atomic mass is 16.2. The van der Waals surface area contributed by atoms with Crippen LogP contribution in [-0.2, 0) is 9.59 Å². The molecule has 0 saturated carbocycles. The minimum absolute atomic E-state index is 0.234. The Labute approximate surface area is 188 Å². The predicted molar refractivity (Wildman–Crippen MR) is 130 cm³/mol. The van der Waals surface area contributed by atoms with Crippen molar-refractivity contribution in [3.8, 4) is 0 Å². The molecule has 0 heterocycles. The molecule has 0 aromatic rings. The average Bonchev–Trinajstić information content (AvgIpc) is 2.71. The van der Waals surface area contributed by atoms with Crippen LogP contribution in [0.15, 0.2) is 0 Å². The van der Waals surface area contributed by atoms with Gasteiger partial charge < -0.3 is 15.2 Å². The molecule has 0 bridgehead atoms. The van der Waals surface area contributed by atoms with Crippen LogP contribution in [-0.4, -0.2) is 31.0 Å². The molecule has 0 saturated heterocycles. The number of rotatable bonds is 20. The monoisotopic (exact) mass is 427 g/mol. The highest BCUT2D eigenvalue weighted by molar-refractivity contribution is 5.75. The Morgan fingerprint density at radius 2 is 1.10 bits per heavy atom. The summed E-state index contributed by atoms with van der Waals surface area (Å²) in [7, 11) is 1.00. The van der Waals surface area contributed by atoms with Gasteiger partial charge in [-0.2, -0.15) is 0 Å². The number of amides is 1. The standard InChI is InChI=1S/C25H49NO2.CH4O/c1-25(2,3)21-19-22-26-24(28)20-17-15-13-11-9-7-5-4-6-8-10-12-14-16-18-23-27;1-2/h23H,4-22H2,1-3H3,(H,26,28);2H,1H3. The average molecular weight is 428 g/mol. The maximum absolute atomic E-state index is 11.8. The van der Waals surface area contributed by atoms with E-state index < -0.39 is 0 Å². The van der Waals surface area contributed by atoms with Gasteiger partial charge in [0.2, 0.25) is 5.91 Å². The first-order valence-corrected chi connectivity index (χ1v) is 12.6. The number of aldehydes is 1. The molecule has 0 rings (SSSR count). The van der Waals surface area contributed by atoms with Crippen LogP contribution >= 0.6 is 0 Å². The quantitative estimate of drug-likeness (QED) is 0.163. The molecule has 0 aromatic heterocycles. The minimum Gasteiger partial charge on any atom is -0.400 e. The van der Waals surface area contributed by atoms with Gasteiger partial charge in [-0.1, -0.05) is 97.8 Å². The van der Waals surface area contributed by atoms with Crippen LogP contribution < -0.4 is 5.32 Å². The second-order valence-corrected chi connectivity index (χ2v) is 9.67. The van der Waals surface area contributed by atoms with Crippen LogP contribution in [0.2, 0.25) is 0 Å². The lowest BCUT2D eigenvalue weighted by molar-refractivity contribution is -0.121. The number of carbonyl (C=O) groups excluding carboxylic acids is 2. The molecular weight excluding hydrogens is 374 g/mol. The van der Waals surface area contributed by atoms with Crippen LogP contribution in [0, 0.1) is 5.41 Å². The van der Waals surface area contributed by atoms with E-state index in [2.05, 4.69) is 26.1 Å². The Hall–Kier alpha value is -0.900. The molecule has 0 radical (unpaired) electrons. The first-order chi connectivity index (χ1) is 14.5. The summed E-state index contributed by atoms with van der Waals surface area (Å²) < 4.78 is 0. The van der Waals surface area contributed by atoms with Crippen LogP contribution in [0.5, 0.6) is 0 Å². The summed E-state index contributed by atoms with van der Waals surface area (Å²) in [4.78, 5) is 22.0. The van der Waals surface area contributed by atoms with Gasteiger partial charge in [0, 0.05) is 26.5 Å². The number of aliphatic hydroxyl groups is 1. The summed E-state index contributed by atoms with van der Waals surface area (Å²) in [5, 5.41) is 10.1. The predicted octanol–water partition coefficient (Wildman–Crippen LogP) is 6.98. The number of unbranched alkanes of at least 4 members (excludes halogenated alkanes) is 14. The van der Waals surface area contributed by atoms with Crippen molar-refractivity contribution in [1.82, 2.24) is 5.32 Å². The highest BCUT2D eigenvalue weighted by Gasteiger charge is 2.09. The molecule has 0 spiro atoms. The van der Waals surface area contributed by atoms with Crippen molar-refractivity contribution in [2.45, 2.75) is 136 Å². The summed E-state index contributed by atoms with van der Waals surface area (Å²) in [6.07, 6.45) is 22.7. The molecular formula is C26H53NO3. The van der Waals surface area contributed by atoms with Gasteiger partial charge in [0.1, 0.15) is 6.29 Å². The summed E-state index contributed by atoms with van der Waals surface area (Å²) in [5.41, 5.74) is 0.364. The van der Waals surface area contributed by atoms with Crippen molar-refractivity contribution < 1.29 is 14.7 Å². The molecule has 0 aliphatic carbocycles. The first kappa shape index (κ1) is 31.3. The second-order valence-electron chi connectivity index (χ2n) is 9.67.